The molecule has 6 nitrogen and oxygen atoms in total. The molecule has 0 aromatic carbocycles. The van der Waals surface area contributed by atoms with Crippen LogP contribution in [0.15, 0.2) is 11.4 Å². The largest absolute Gasteiger partial charge is 0.342 e. The van der Waals surface area contributed by atoms with Gasteiger partial charge in [0.15, 0.2) is 0 Å². The molecule has 32 heavy (non-hydrogen) atoms. The van der Waals surface area contributed by atoms with Crippen LogP contribution < -0.4 is 0 Å². The van der Waals surface area contributed by atoms with E-state index in [0.717, 1.165) is 55.0 Å². The molecule has 2 fully saturated rings. The van der Waals surface area contributed by atoms with Crippen molar-refractivity contribution in [1.82, 2.24) is 19.8 Å². The van der Waals surface area contributed by atoms with Crippen molar-refractivity contribution >= 4 is 45.1 Å². The maximum absolute atomic E-state index is 12.9. The second kappa shape index (κ2) is 9.67. The Balaban J connectivity index is 1.17. The molecule has 0 spiro atoms. The summed E-state index contributed by atoms with van der Waals surface area (Å²) < 4.78 is 0. The Kier molecular flexibility index (Phi) is 6.69. The van der Waals surface area contributed by atoms with E-state index >= 15 is 0 Å². The predicted molar refractivity (Wildman–Crippen MR) is 129 cm³/mol. The molecule has 0 N–H and O–H groups in total. The van der Waals surface area contributed by atoms with Crippen LogP contribution in [0.2, 0.25) is 0 Å². The van der Waals surface area contributed by atoms with Crippen LogP contribution in [0, 0.1) is 11.8 Å². The second-order valence-corrected chi connectivity index (χ2v) is 11.6. The van der Waals surface area contributed by atoms with Gasteiger partial charge >= 0.3 is 0 Å². The molecule has 8 heteroatoms. The number of aryl methyl sites for hydroxylation is 2. The Morgan fingerprint density at radius 2 is 1.88 bits per heavy atom. The molecule has 2 aromatic rings. The number of nitrogens with zero attached hydrogens (tertiary/aromatic N) is 4. The minimum absolute atomic E-state index is 0.0795. The number of fused-ring (bicyclic) bond motifs is 3. The first-order chi connectivity index (χ1) is 15.6. The fourth-order valence-electron chi connectivity index (χ4n) is 5.42. The fraction of sp³-hybridized carbons (Fsp3) is 0.667. The van der Waals surface area contributed by atoms with Crippen molar-refractivity contribution in [3.05, 3.63) is 16.8 Å². The Hall–Kier alpha value is -1.67. The summed E-state index contributed by atoms with van der Waals surface area (Å²) in [4.78, 5) is 41.4. The lowest BCUT2D eigenvalue weighted by Gasteiger charge is -2.37. The number of carbonyl (C=O) groups is 2. The summed E-state index contributed by atoms with van der Waals surface area (Å²) >= 11 is 3.34. The van der Waals surface area contributed by atoms with Gasteiger partial charge in [0.2, 0.25) is 11.8 Å². The average Bonchev–Trinajstić information content (AvgIpc) is 3.21. The standard InChI is InChI=1S/C24H32N4O2S2/c1-16-5-4-10-28(13-16)24(30)17-8-11-27(12-9-17)20(29)14-31-22-21-18-6-2-3-7-19(18)32-23(21)26-15-25-22/h15-17H,2-14H2,1H3. The molecule has 0 radical (unpaired) electrons. The van der Waals surface area contributed by atoms with E-state index in [1.807, 2.05) is 4.90 Å². The Labute approximate surface area is 198 Å². The second-order valence-electron chi connectivity index (χ2n) is 9.55. The van der Waals surface area contributed by atoms with Crippen LogP contribution in [-0.2, 0) is 22.4 Å². The molecular formula is C24H32N4O2S2. The zero-order valence-electron chi connectivity index (χ0n) is 18.8. The Morgan fingerprint density at radius 1 is 1.06 bits per heavy atom. The number of hydrogen-bond donors (Lipinski definition) is 0. The number of likely N-dealkylation sites (tertiary alicyclic amines) is 2. The van der Waals surface area contributed by atoms with Crippen LogP contribution in [0.3, 0.4) is 0 Å². The van der Waals surface area contributed by atoms with Crippen LogP contribution in [0.5, 0.6) is 0 Å². The first-order valence-electron chi connectivity index (χ1n) is 12.0. The number of rotatable bonds is 4. The molecule has 1 atom stereocenters. The average molecular weight is 473 g/mol. The lowest BCUT2D eigenvalue weighted by atomic mass is 9.93. The summed E-state index contributed by atoms with van der Waals surface area (Å²) in [5.74, 6) is 1.55. The highest BCUT2D eigenvalue weighted by Crippen LogP contribution is 2.39. The van der Waals surface area contributed by atoms with Gasteiger partial charge in [-0.15, -0.1) is 11.3 Å². The third-order valence-electron chi connectivity index (χ3n) is 7.21. The molecule has 0 bridgehead atoms. The van der Waals surface area contributed by atoms with Crippen molar-refractivity contribution in [1.29, 1.82) is 0 Å². The molecule has 2 aromatic heterocycles. The van der Waals surface area contributed by atoms with Crippen molar-refractivity contribution < 1.29 is 9.59 Å². The van der Waals surface area contributed by atoms with Crippen molar-refractivity contribution in [2.24, 2.45) is 11.8 Å². The quantitative estimate of drug-likeness (QED) is 0.494. The number of hydrogen-bond acceptors (Lipinski definition) is 6. The van der Waals surface area contributed by atoms with Gasteiger partial charge in [0.1, 0.15) is 16.2 Å². The van der Waals surface area contributed by atoms with Crippen molar-refractivity contribution in [2.75, 3.05) is 31.9 Å². The van der Waals surface area contributed by atoms with Crippen LogP contribution in [0.25, 0.3) is 10.2 Å². The molecule has 0 saturated carbocycles. The van der Waals surface area contributed by atoms with Gasteiger partial charge in [0, 0.05) is 42.4 Å². The number of thiophene rings is 1. The van der Waals surface area contributed by atoms with E-state index in [4.69, 9.17) is 0 Å². The van der Waals surface area contributed by atoms with Gasteiger partial charge < -0.3 is 9.80 Å². The van der Waals surface area contributed by atoms with E-state index in [2.05, 4.69) is 21.8 Å². The normalized spacial score (nSPS) is 22.2. The molecule has 172 valence electrons. The lowest BCUT2D eigenvalue weighted by Crippen LogP contribution is -2.47. The summed E-state index contributed by atoms with van der Waals surface area (Å²) in [6.45, 7) is 5.40. The van der Waals surface area contributed by atoms with Gasteiger partial charge in [-0.25, -0.2) is 9.97 Å². The Bertz CT molecular complexity index is 999. The highest BCUT2D eigenvalue weighted by molar-refractivity contribution is 8.00. The van der Waals surface area contributed by atoms with E-state index in [9.17, 15) is 9.59 Å². The summed E-state index contributed by atoms with van der Waals surface area (Å²) in [5, 5.41) is 2.14. The zero-order chi connectivity index (χ0) is 22.1. The molecule has 2 amide bonds. The molecule has 1 aliphatic carbocycles. The number of amides is 2. The van der Waals surface area contributed by atoms with Crippen molar-refractivity contribution in [3.8, 4) is 0 Å². The molecule has 2 aliphatic heterocycles. The first-order valence-corrected chi connectivity index (χ1v) is 13.8. The van der Waals surface area contributed by atoms with Gasteiger partial charge in [0.25, 0.3) is 0 Å². The number of carbonyl (C=O) groups excluding carboxylic acids is 2. The monoisotopic (exact) mass is 472 g/mol. The van der Waals surface area contributed by atoms with Crippen LogP contribution >= 0.6 is 23.1 Å². The van der Waals surface area contributed by atoms with E-state index < -0.39 is 0 Å². The SMILES string of the molecule is CC1CCCN(C(=O)C2CCN(C(=O)CSc3ncnc4sc5c(c34)CCCC5)CC2)C1. The third kappa shape index (κ3) is 4.53. The highest BCUT2D eigenvalue weighted by atomic mass is 32.2. The minimum Gasteiger partial charge on any atom is -0.342 e. The van der Waals surface area contributed by atoms with E-state index in [0.29, 0.717) is 30.7 Å². The number of thioether (sulfide) groups is 1. The molecule has 2 saturated heterocycles. The van der Waals surface area contributed by atoms with E-state index in [1.165, 1.54) is 35.1 Å². The van der Waals surface area contributed by atoms with Crippen molar-refractivity contribution in [2.45, 2.75) is 63.3 Å². The van der Waals surface area contributed by atoms with E-state index in [1.54, 1.807) is 29.4 Å². The topological polar surface area (TPSA) is 66.4 Å². The van der Waals surface area contributed by atoms with Gasteiger partial charge in [-0.05, 0) is 62.8 Å². The lowest BCUT2D eigenvalue weighted by molar-refractivity contribution is -0.141. The summed E-state index contributed by atoms with van der Waals surface area (Å²) in [6, 6.07) is 0. The summed E-state index contributed by atoms with van der Waals surface area (Å²) in [5.41, 5.74) is 1.41. The third-order valence-corrected chi connectivity index (χ3v) is 9.39. The molecular weight excluding hydrogens is 440 g/mol. The van der Waals surface area contributed by atoms with Crippen molar-refractivity contribution in [3.63, 3.8) is 0 Å². The molecule has 4 heterocycles. The molecule has 1 unspecified atom stereocenters. The smallest absolute Gasteiger partial charge is 0.232 e. The fourth-order valence-corrected chi connectivity index (χ4v) is 7.64. The number of piperidine rings is 2. The zero-order valence-corrected chi connectivity index (χ0v) is 20.5. The van der Waals surface area contributed by atoms with Crippen LogP contribution in [0.1, 0.15) is 55.9 Å². The Morgan fingerprint density at radius 3 is 2.69 bits per heavy atom. The maximum Gasteiger partial charge on any atom is 0.232 e. The minimum atomic E-state index is 0.0795. The molecule has 5 rings (SSSR count). The van der Waals surface area contributed by atoms with Gasteiger partial charge in [-0.1, -0.05) is 18.7 Å². The predicted octanol–water partition coefficient (Wildman–Crippen LogP) is 4.16. The van der Waals surface area contributed by atoms with E-state index in [-0.39, 0.29) is 11.8 Å². The van der Waals surface area contributed by atoms with Gasteiger partial charge in [-0.2, -0.15) is 0 Å². The summed E-state index contributed by atoms with van der Waals surface area (Å²) in [6.07, 6.45) is 10.3. The molecule has 3 aliphatic rings. The number of aromatic nitrogens is 2. The van der Waals surface area contributed by atoms with Gasteiger partial charge in [0.05, 0.1) is 5.75 Å². The van der Waals surface area contributed by atoms with Gasteiger partial charge in [-0.3, -0.25) is 9.59 Å². The first kappa shape index (κ1) is 22.1. The maximum atomic E-state index is 12.9. The van der Waals surface area contributed by atoms with Crippen LogP contribution in [0.4, 0.5) is 0 Å². The van der Waals surface area contributed by atoms with Crippen LogP contribution in [-0.4, -0.2) is 63.5 Å². The highest BCUT2D eigenvalue weighted by Gasteiger charge is 2.32. The summed E-state index contributed by atoms with van der Waals surface area (Å²) in [7, 11) is 0.